The lowest BCUT2D eigenvalue weighted by atomic mass is 10.1. The smallest absolute Gasteiger partial charge is 0.322 e. The first-order valence-corrected chi connectivity index (χ1v) is 9.00. The van der Waals surface area contributed by atoms with Gasteiger partial charge >= 0.3 is 6.03 Å². The Morgan fingerprint density at radius 3 is 2.37 bits per heavy atom. The van der Waals surface area contributed by atoms with Crippen LogP contribution in [0.2, 0.25) is 0 Å². The van der Waals surface area contributed by atoms with Gasteiger partial charge in [-0.2, -0.15) is 0 Å². The van der Waals surface area contributed by atoms with Gasteiger partial charge in [0, 0.05) is 19.5 Å². The summed E-state index contributed by atoms with van der Waals surface area (Å²) in [5, 5.41) is 4.73. The third-order valence-electron chi connectivity index (χ3n) is 4.53. The molecule has 0 bridgehead atoms. The Labute approximate surface area is 158 Å². The summed E-state index contributed by atoms with van der Waals surface area (Å²) in [6.45, 7) is 3.02. The maximum atomic E-state index is 12.9. The Morgan fingerprint density at radius 1 is 1.00 bits per heavy atom. The van der Waals surface area contributed by atoms with Crippen molar-refractivity contribution in [1.29, 1.82) is 0 Å². The van der Waals surface area contributed by atoms with Gasteiger partial charge in [0.2, 0.25) is 5.91 Å². The zero-order chi connectivity index (χ0) is 19.2. The summed E-state index contributed by atoms with van der Waals surface area (Å²) in [6.07, 6.45) is 0.479. The second-order valence-corrected chi connectivity index (χ2v) is 6.78. The lowest BCUT2D eigenvalue weighted by Gasteiger charge is -2.24. The fourth-order valence-electron chi connectivity index (χ4n) is 3.16. The molecule has 0 unspecified atom stereocenters. The van der Waals surface area contributed by atoms with E-state index in [-0.39, 0.29) is 24.7 Å². The van der Waals surface area contributed by atoms with E-state index in [0.29, 0.717) is 13.1 Å². The van der Waals surface area contributed by atoms with Gasteiger partial charge in [-0.1, -0.05) is 60.2 Å². The van der Waals surface area contributed by atoms with Crippen LogP contribution in [0.15, 0.2) is 54.6 Å². The zero-order valence-corrected chi connectivity index (χ0v) is 15.3. The average Bonchev–Trinajstić information content (AvgIpc) is 2.97. The summed E-state index contributed by atoms with van der Waals surface area (Å²) in [6, 6.07) is 16.7. The molecule has 2 aromatic carbocycles. The second-order valence-electron chi connectivity index (χ2n) is 6.78. The first-order chi connectivity index (χ1) is 13.0. The topological polar surface area (TPSA) is 78.5 Å². The molecule has 6 heteroatoms. The highest BCUT2D eigenvalue weighted by atomic mass is 16.2. The molecule has 140 valence electrons. The van der Waals surface area contributed by atoms with E-state index in [1.807, 2.05) is 55.5 Å². The van der Waals surface area contributed by atoms with Crippen LogP contribution in [-0.2, 0) is 22.7 Å². The number of urea groups is 1. The third kappa shape index (κ3) is 5.17. The van der Waals surface area contributed by atoms with Gasteiger partial charge in [-0.25, -0.2) is 4.79 Å². The number of rotatable bonds is 7. The highest BCUT2D eigenvalue weighted by Crippen LogP contribution is 2.14. The van der Waals surface area contributed by atoms with Crippen LogP contribution in [0, 0.1) is 6.92 Å². The summed E-state index contributed by atoms with van der Waals surface area (Å²) in [5.41, 5.74) is 3.25. The Bertz CT molecular complexity index is 836. The van der Waals surface area contributed by atoms with Crippen LogP contribution in [0.1, 0.15) is 29.5 Å². The molecule has 4 amide bonds. The van der Waals surface area contributed by atoms with Crippen molar-refractivity contribution in [2.45, 2.75) is 38.9 Å². The van der Waals surface area contributed by atoms with Gasteiger partial charge < -0.3 is 10.2 Å². The fourth-order valence-corrected chi connectivity index (χ4v) is 3.16. The van der Waals surface area contributed by atoms with E-state index in [9.17, 15) is 14.4 Å². The van der Waals surface area contributed by atoms with Crippen molar-refractivity contribution in [3.8, 4) is 0 Å². The molecule has 0 aliphatic carbocycles. The minimum absolute atomic E-state index is 0.0469. The van der Waals surface area contributed by atoms with Crippen LogP contribution >= 0.6 is 0 Å². The van der Waals surface area contributed by atoms with Crippen molar-refractivity contribution in [1.82, 2.24) is 15.5 Å². The molecule has 1 aliphatic rings. The molecule has 6 nitrogen and oxygen atoms in total. The van der Waals surface area contributed by atoms with E-state index >= 15 is 0 Å². The normalized spacial score (nSPS) is 16.0. The molecule has 27 heavy (non-hydrogen) atoms. The predicted octanol–water partition coefficient (Wildman–Crippen LogP) is 2.51. The SMILES string of the molecule is Cc1cccc(CN(Cc2ccccc2)C(=O)CC[C@@H]2NC(=O)NC2=O)c1. The van der Waals surface area contributed by atoms with Crippen LogP contribution in [0.25, 0.3) is 0 Å². The number of amides is 4. The largest absolute Gasteiger partial charge is 0.334 e. The summed E-state index contributed by atoms with van der Waals surface area (Å²) < 4.78 is 0. The lowest BCUT2D eigenvalue weighted by Crippen LogP contribution is -2.34. The molecule has 1 heterocycles. The van der Waals surface area contributed by atoms with Crippen LogP contribution in [-0.4, -0.2) is 28.8 Å². The van der Waals surface area contributed by atoms with Crippen molar-refractivity contribution < 1.29 is 14.4 Å². The van der Waals surface area contributed by atoms with Crippen molar-refractivity contribution in [2.75, 3.05) is 0 Å². The number of hydrogen-bond donors (Lipinski definition) is 2. The molecule has 1 saturated heterocycles. The predicted molar refractivity (Wildman–Crippen MR) is 102 cm³/mol. The minimum atomic E-state index is -0.640. The van der Waals surface area contributed by atoms with Gasteiger partial charge in [0.05, 0.1) is 0 Å². The first kappa shape index (κ1) is 18.6. The van der Waals surface area contributed by atoms with Crippen molar-refractivity contribution in [3.05, 3.63) is 71.3 Å². The molecule has 0 saturated carbocycles. The van der Waals surface area contributed by atoms with Gasteiger partial charge in [-0.05, 0) is 24.5 Å². The molecule has 2 aromatic rings. The Balaban J connectivity index is 1.69. The van der Waals surface area contributed by atoms with E-state index in [1.165, 1.54) is 0 Å². The number of benzene rings is 2. The number of carbonyl (C=O) groups excluding carboxylic acids is 3. The van der Waals surface area contributed by atoms with E-state index in [1.54, 1.807) is 4.90 Å². The maximum Gasteiger partial charge on any atom is 0.322 e. The molecule has 1 atom stereocenters. The number of nitrogens with zero attached hydrogens (tertiary/aromatic N) is 1. The minimum Gasteiger partial charge on any atom is -0.334 e. The van der Waals surface area contributed by atoms with E-state index in [0.717, 1.165) is 16.7 Å². The van der Waals surface area contributed by atoms with Crippen LogP contribution in [0.4, 0.5) is 4.79 Å². The van der Waals surface area contributed by atoms with Crippen molar-refractivity contribution in [3.63, 3.8) is 0 Å². The van der Waals surface area contributed by atoms with Gasteiger partial charge in [-0.3, -0.25) is 14.9 Å². The summed E-state index contributed by atoms with van der Waals surface area (Å²) in [7, 11) is 0. The number of hydrogen-bond acceptors (Lipinski definition) is 3. The van der Waals surface area contributed by atoms with E-state index < -0.39 is 12.1 Å². The zero-order valence-electron chi connectivity index (χ0n) is 15.3. The number of carbonyl (C=O) groups is 3. The van der Waals surface area contributed by atoms with E-state index in [4.69, 9.17) is 0 Å². The highest BCUT2D eigenvalue weighted by molar-refractivity contribution is 6.04. The molecule has 0 spiro atoms. The van der Waals surface area contributed by atoms with Crippen molar-refractivity contribution in [2.24, 2.45) is 0 Å². The van der Waals surface area contributed by atoms with Gasteiger partial charge in [0.1, 0.15) is 6.04 Å². The van der Waals surface area contributed by atoms with Crippen molar-refractivity contribution >= 4 is 17.8 Å². The Kier molecular flexibility index (Phi) is 5.86. The molecular formula is C21H23N3O3. The van der Waals surface area contributed by atoms with Crippen LogP contribution < -0.4 is 10.6 Å². The molecule has 0 aromatic heterocycles. The summed E-state index contributed by atoms with van der Waals surface area (Å²) >= 11 is 0. The van der Waals surface area contributed by atoms with Gasteiger partial charge in [0.15, 0.2) is 0 Å². The quantitative estimate of drug-likeness (QED) is 0.740. The lowest BCUT2D eigenvalue weighted by molar-refractivity contribution is -0.132. The fraction of sp³-hybridized carbons (Fsp3) is 0.286. The molecular weight excluding hydrogens is 342 g/mol. The molecule has 0 radical (unpaired) electrons. The third-order valence-corrected chi connectivity index (χ3v) is 4.53. The number of nitrogens with one attached hydrogen (secondary N) is 2. The monoisotopic (exact) mass is 365 g/mol. The summed E-state index contributed by atoms with van der Waals surface area (Å²) in [4.78, 5) is 37.5. The van der Waals surface area contributed by atoms with Gasteiger partial charge in [-0.15, -0.1) is 0 Å². The van der Waals surface area contributed by atoms with Crippen LogP contribution in [0.3, 0.4) is 0 Å². The average molecular weight is 365 g/mol. The highest BCUT2D eigenvalue weighted by Gasteiger charge is 2.30. The Morgan fingerprint density at radius 2 is 1.70 bits per heavy atom. The maximum absolute atomic E-state index is 12.9. The number of aryl methyl sites for hydroxylation is 1. The standard InChI is InChI=1S/C21H23N3O3/c1-15-6-5-9-17(12-15)14-24(13-16-7-3-2-4-8-16)19(25)11-10-18-20(26)23-21(27)22-18/h2-9,12,18H,10-11,13-14H2,1H3,(H2,22,23,26,27)/t18-/m0/s1. The molecule has 2 N–H and O–H groups in total. The Hall–Kier alpha value is -3.15. The second kappa shape index (κ2) is 8.49. The number of imide groups is 1. The molecule has 3 rings (SSSR count). The first-order valence-electron chi connectivity index (χ1n) is 9.00. The van der Waals surface area contributed by atoms with Gasteiger partial charge in [0.25, 0.3) is 5.91 Å². The summed E-state index contributed by atoms with van der Waals surface area (Å²) in [5.74, 6) is -0.421. The van der Waals surface area contributed by atoms with E-state index in [2.05, 4.69) is 16.7 Å². The molecule has 1 aliphatic heterocycles. The molecule has 1 fully saturated rings. The van der Waals surface area contributed by atoms with Crippen LogP contribution in [0.5, 0.6) is 0 Å².